The van der Waals surface area contributed by atoms with Gasteiger partial charge in [-0.15, -0.1) is 5.10 Å². The molecule has 0 atom stereocenters. The summed E-state index contributed by atoms with van der Waals surface area (Å²) in [5, 5.41) is 8.31. The van der Waals surface area contributed by atoms with Gasteiger partial charge in [-0.2, -0.15) is 4.31 Å². The van der Waals surface area contributed by atoms with Crippen molar-refractivity contribution in [3.8, 4) is 5.75 Å². The Bertz CT molecular complexity index is 892. The number of sulfonamides is 1. The molecule has 0 radical (unpaired) electrons. The summed E-state index contributed by atoms with van der Waals surface area (Å²) in [6.07, 6.45) is 2.46. The molecular formula is C17H22N4O4S. The third-order valence-corrected chi connectivity index (χ3v) is 6.61. The molecule has 2 aliphatic rings. The number of benzene rings is 1. The van der Waals surface area contributed by atoms with Gasteiger partial charge < -0.3 is 9.47 Å². The second-order valence-electron chi connectivity index (χ2n) is 6.68. The van der Waals surface area contributed by atoms with Gasteiger partial charge in [0.15, 0.2) is 0 Å². The van der Waals surface area contributed by atoms with Gasteiger partial charge in [-0.1, -0.05) is 11.3 Å². The Morgan fingerprint density at radius 3 is 2.88 bits per heavy atom. The molecule has 2 aromatic rings. The summed E-state index contributed by atoms with van der Waals surface area (Å²) in [6, 6.07) is 6.53. The lowest BCUT2D eigenvalue weighted by Crippen LogP contribution is -2.38. The van der Waals surface area contributed by atoms with Crippen molar-refractivity contribution in [3.05, 3.63) is 35.7 Å². The smallest absolute Gasteiger partial charge is 0.243 e. The molecule has 9 heteroatoms. The van der Waals surface area contributed by atoms with Crippen LogP contribution in [0.3, 0.4) is 0 Å². The molecule has 1 aliphatic heterocycles. The van der Waals surface area contributed by atoms with Crippen LogP contribution in [0.5, 0.6) is 5.75 Å². The molecule has 0 N–H and O–H groups in total. The number of aromatic nitrogens is 3. The molecule has 2 heterocycles. The molecule has 0 unspecified atom stereocenters. The van der Waals surface area contributed by atoms with Crippen LogP contribution in [-0.4, -0.2) is 48.0 Å². The highest BCUT2D eigenvalue weighted by Gasteiger charge is 2.31. The number of fused-ring (bicyclic) bond motifs is 1. The Kier molecular flexibility index (Phi) is 4.68. The van der Waals surface area contributed by atoms with E-state index in [2.05, 4.69) is 10.3 Å². The van der Waals surface area contributed by atoms with Crippen molar-refractivity contribution in [2.24, 2.45) is 5.92 Å². The van der Waals surface area contributed by atoms with Crippen LogP contribution in [0.2, 0.25) is 0 Å². The van der Waals surface area contributed by atoms with E-state index in [-0.39, 0.29) is 11.4 Å². The molecule has 4 rings (SSSR count). The zero-order valence-corrected chi connectivity index (χ0v) is 15.5. The zero-order valence-electron chi connectivity index (χ0n) is 14.7. The Morgan fingerprint density at radius 1 is 1.27 bits per heavy atom. The molecule has 0 saturated heterocycles. The van der Waals surface area contributed by atoms with Gasteiger partial charge in [0.25, 0.3) is 0 Å². The topological polar surface area (TPSA) is 86.6 Å². The van der Waals surface area contributed by atoms with Crippen LogP contribution in [-0.2, 0) is 34.5 Å². The molecule has 26 heavy (non-hydrogen) atoms. The number of nitrogens with zero attached hydrogens (tertiary/aromatic N) is 4. The van der Waals surface area contributed by atoms with Gasteiger partial charge in [0.1, 0.15) is 11.4 Å². The summed E-state index contributed by atoms with van der Waals surface area (Å²) in [7, 11) is -2.09. The molecule has 1 aromatic carbocycles. The van der Waals surface area contributed by atoms with Gasteiger partial charge >= 0.3 is 0 Å². The van der Waals surface area contributed by atoms with Gasteiger partial charge in [-0.3, -0.25) is 0 Å². The quantitative estimate of drug-likeness (QED) is 0.724. The minimum atomic E-state index is -3.61. The second kappa shape index (κ2) is 6.98. The van der Waals surface area contributed by atoms with Crippen molar-refractivity contribution >= 4 is 10.0 Å². The lowest BCUT2D eigenvalue weighted by atomic mass is 10.3. The normalized spacial score (nSPS) is 17.9. The van der Waals surface area contributed by atoms with Crippen molar-refractivity contribution < 1.29 is 17.9 Å². The van der Waals surface area contributed by atoms with Crippen molar-refractivity contribution in [2.45, 2.75) is 37.4 Å². The van der Waals surface area contributed by atoms with Gasteiger partial charge in [-0.05, 0) is 30.9 Å². The first-order valence-electron chi connectivity index (χ1n) is 8.71. The maximum absolute atomic E-state index is 13.0. The number of ether oxygens (including phenoxy) is 2. The molecule has 8 nitrogen and oxygen atoms in total. The third kappa shape index (κ3) is 3.46. The Labute approximate surface area is 152 Å². The average Bonchev–Trinajstić information content (AvgIpc) is 3.40. The van der Waals surface area contributed by atoms with Crippen molar-refractivity contribution in [1.82, 2.24) is 19.3 Å². The van der Waals surface area contributed by atoms with E-state index in [0.717, 1.165) is 18.0 Å². The molecule has 1 fully saturated rings. The Morgan fingerprint density at radius 2 is 2.12 bits per heavy atom. The van der Waals surface area contributed by atoms with Crippen molar-refractivity contribution in [1.29, 1.82) is 0 Å². The fourth-order valence-electron chi connectivity index (χ4n) is 3.01. The zero-order chi connectivity index (χ0) is 18.1. The highest BCUT2D eigenvalue weighted by Crippen LogP contribution is 2.29. The van der Waals surface area contributed by atoms with Crippen molar-refractivity contribution in [3.63, 3.8) is 0 Å². The summed E-state index contributed by atoms with van der Waals surface area (Å²) < 4.78 is 40.1. The Hall–Kier alpha value is -1.97. The standard InChI is InChI=1S/C17H22N4O4S/c1-24-14-3-2-4-15(9-14)26(22,23)20-7-8-21-17(10-20)16(18-19-21)12-25-11-13-5-6-13/h2-4,9,13H,5-8,10-12H2,1H3. The number of hydrogen-bond donors (Lipinski definition) is 0. The fraction of sp³-hybridized carbons (Fsp3) is 0.529. The van der Waals surface area contributed by atoms with Gasteiger partial charge in [0.2, 0.25) is 10.0 Å². The van der Waals surface area contributed by atoms with E-state index >= 15 is 0 Å². The monoisotopic (exact) mass is 378 g/mol. The molecule has 1 aliphatic carbocycles. The van der Waals surface area contributed by atoms with Crippen LogP contribution in [0.15, 0.2) is 29.2 Å². The number of rotatable bonds is 7. The van der Waals surface area contributed by atoms with E-state index < -0.39 is 10.0 Å². The van der Waals surface area contributed by atoms with Crippen LogP contribution in [0, 0.1) is 5.92 Å². The van der Waals surface area contributed by atoms with E-state index in [4.69, 9.17) is 9.47 Å². The molecule has 0 amide bonds. The number of methoxy groups -OCH3 is 1. The maximum Gasteiger partial charge on any atom is 0.243 e. The van der Waals surface area contributed by atoms with E-state index in [1.54, 1.807) is 28.9 Å². The summed E-state index contributed by atoms with van der Waals surface area (Å²) in [5.41, 5.74) is 1.52. The SMILES string of the molecule is COc1cccc(S(=O)(=O)N2CCn3nnc(COCC4CC4)c3C2)c1. The van der Waals surface area contributed by atoms with E-state index in [9.17, 15) is 8.42 Å². The lowest BCUT2D eigenvalue weighted by Gasteiger charge is -2.27. The molecule has 140 valence electrons. The third-order valence-electron chi connectivity index (χ3n) is 4.77. The molecule has 1 aromatic heterocycles. The Balaban J connectivity index is 1.52. The maximum atomic E-state index is 13.0. The first-order chi connectivity index (χ1) is 12.6. The first-order valence-corrected chi connectivity index (χ1v) is 10.1. The van der Waals surface area contributed by atoms with Crippen molar-refractivity contribution in [2.75, 3.05) is 20.3 Å². The van der Waals surface area contributed by atoms with Gasteiger partial charge in [-0.25, -0.2) is 13.1 Å². The van der Waals surface area contributed by atoms with Crippen LogP contribution in [0.25, 0.3) is 0 Å². The predicted molar refractivity (Wildman–Crippen MR) is 93.0 cm³/mol. The van der Waals surface area contributed by atoms with Crippen LogP contribution in [0.4, 0.5) is 0 Å². The molecule has 1 saturated carbocycles. The summed E-state index contributed by atoms with van der Waals surface area (Å²) in [4.78, 5) is 0.226. The summed E-state index contributed by atoms with van der Waals surface area (Å²) in [6.45, 7) is 2.19. The highest BCUT2D eigenvalue weighted by atomic mass is 32.2. The molecular weight excluding hydrogens is 356 g/mol. The predicted octanol–water partition coefficient (Wildman–Crippen LogP) is 1.42. The van der Waals surface area contributed by atoms with Gasteiger partial charge in [0, 0.05) is 19.2 Å². The number of hydrogen-bond acceptors (Lipinski definition) is 6. The van der Waals surface area contributed by atoms with Crippen LogP contribution < -0.4 is 4.74 Å². The van der Waals surface area contributed by atoms with Crippen LogP contribution in [0.1, 0.15) is 24.2 Å². The van der Waals surface area contributed by atoms with E-state index in [0.29, 0.717) is 31.4 Å². The summed E-state index contributed by atoms with van der Waals surface area (Å²) >= 11 is 0. The van der Waals surface area contributed by atoms with Crippen LogP contribution >= 0.6 is 0 Å². The molecule has 0 bridgehead atoms. The largest absolute Gasteiger partial charge is 0.497 e. The van der Waals surface area contributed by atoms with Gasteiger partial charge in [0.05, 0.1) is 37.4 Å². The van der Waals surface area contributed by atoms with E-state index in [1.165, 1.54) is 24.3 Å². The second-order valence-corrected chi connectivity index (χ2v) is 8.62. The first kappa shape index (κ1) is 17.4. The lowest BCUT2D eigenvalue weighted by molar-refractivity contribution is 0.107. The minimum absolute atomic E-state index is 0.226. The minimum Gasteiger partial charge on any atom is -0.497 e. The van der Waals surface area contributed by atoms with E-state index in [1.807, 2.05) is 0 Å². The average molecular weight is 378 g/mol. The summed E-state index contributed by atoms with van der Waals surface area (Å²) in [5.74, 6) is 1.19. The fourth-order valence-corrected chi connectivity index (χ4v) is 4.44. The molecule has 0 spiro atoms. The highest BCUT2D eigenvalue weighted by molar-refractivity contribution is 7.89.